The molecule has 0 unspecified atom stereocenters. The van der Waals surface area contributed by atoms with Crippen molar-refractivity contribution in [2.75, 3.05) is 17.6 Å². The Labute approximate surface area is 115 Å². The van der Waals surface area contributed by atoms with E-state index in [9.17, 15) is 4.79 Å². The fourth-order valence-corrected chi connectivity index (χ4v) is 2.77. The lowest BCUT2D eigenvalue weighted by Crippen LogP contribution is -2.47. The van der Waals surface area contributed by atoms with Gasteiger partial charge in [0, 0.05) is 23.5 Å². The normalized spacial score (nSPS) is 24.1. The number of rotatable bonds is 3. The molecular weight excluding hydrogens is 238 g/mol. The first-order valence-electron chi connectivity index (χ1n) is 6.97. The van der Waals surface area contributed by atoms with Gasteiger partial charge in [0.25, 0.3) is 0 Å². The number of nitrogen functional groups attached to an aromatic ring is 1. The number of hydrogen-bond acceptors (Lipinski definition) is 3. The maximum absolute atomic E-state index is 12.1. The number of nitrogens with zero attached hydrogens (tertiary/aromatic N) is 1. The Balaban J connectivity index is 1.93. The Morgan fingerprint density at radius 3 is 2.68 bits per heavy atom. The van der Waals surface area contributed by atoms with Crippen LogP contribution in [0.4, 0.5) is 11.4 Å². The second kappa shape index (κ2) is 6.06. The molecule has 0 spiro atoms. The lowest BCUT2D eigenvalue weighted by Gasteiger charge is -2.38. The standard InChI is InChI=1S/C15H23N3O/c1-11-5-3-6-12(2)18(11)10-15(19)17-14-8-4-7-13(16)9-14/h4,7-9,11-12H,3,5-6,10,16H2,1-2H3,(H,17,19)/t11-,12+. The molecule has 1 aromatic carbocycles. The molecule has 2 atom stereocenters. The highest BCUT2D eigenvalue weighted by molar-refractivity contribution is 5.92. The van der Waals surface area contributed by atoms with Gasteiger partial charge in [-0.25, -0.2) is 0 Å². The zero-order chi connectivity index (χ0) is 13.8. The Bertz CT molecular complexity index is 437. The van der Waals surface area contributed by atoms with Crippen molar-refractivity contribution >= 4 is 17.3 Å². The molecule has 1 aromatic rings. The van der Waals surface area contributed by atoms with E-state index in [1.807, 2.05) is 18.2 Å². The molecule has 0 aliphatic carbocycles. The Hall–Kier alpha value is -1.55. The Morgan fingerprint density at radius 2 is 2.05 bits per heavy atom. The third-order valence-electron chi connectivity index (χ3n) is 3.87. The predicted molar refractivity (Wildman–Crippen MR) is 79.0 cm³/mol. The maximum atomic E-state index is 12.1. The Morgan fingerprint density at radius 1 is 1.37 bits per heavy atom. The van der Waals surface area contributed by atoms with Gasteiger partial charge in [-0.3, -0.25) is 9.69 Å². The summed E-state index contributed by atoms with van der Waals surface area (Å²) < 4.78 is 0. The number of anilines is 2. The summed E-state index contributed by atoms with van der Waals surface area (Å²) in [5, 5.41) is 2.91. The molecule has 0 saturated carbocycles. The van der Waals surface area contributed by atoms with E-state index in [0.29, 0.717) is 24.3 Å². The van der Waals surface area contributed by atoms with Crippen LogP contribution in [-0.4, -0.2) is 29.4 Å². The van der Waals surface area contributed by atoms with Crippen molar-refractivity contribution in [3.8, 4) is 0 Å². The highest BCUT2D eigenvalue weighted by atomic mass is 16.2. The van der Waals surface area contributed by atoms with E-state index >= 15 is 0 Å². The van der Waals surface area contributed by atoms with Gasteiger partial charge in [-0.05, 0) is 44.9 Å². The van der Waals surface area contributed by atoms with Crippen LogP contribution in [0, 0.1) is 0 Å². The number of likely N-dealkylation sites (tertiary alicyclic amines) is 1. The number of hydrogen-bond donors (Lipinski definition) is 2. The van der Waals surface area contributed by atoms with Crippen molar-refractivity contribution in [3.05, 3.63) is 24.3 Å². The topological polar surface area (TPSA) is 58.4 Å². The van der Waals surface area contributed by atoms with Crippen LogP contribution in [0.3, 0.4) is 0 Å². The van der Waals surface area contributed by atoms with Crippen molar-refractivity contribution < 1.29 is 4.79 Å². The second-order valence-corrected chi connectivity index (χ2v) is 5.47. The van der Waals surface area contributed by atoms with Gasteiger partial charge in [-0.1, -0.05) is 12.5 Å². The molecule has 0 radical (unpaired) electrons. The molecule has 0 aromatic heterocycles. The van der Waals surface area contributed by atoms with E-state index < -0.39 is 0 Å². The minimum Gasteiger partial charge on any atom is -0.399 e. The van der Waals surface area contributed by atoms with Gasteiger partial charge in [0.2, 0.25) is 5.91 Å². The van der Waals surface area contributed by atoms with Crippen LogP contribution < -0.4 is 11.1 Å². The number of piperidine rings is 1. The molecule has 1 aliphatic heterocycles. The zero-order valence-electron chi connectivity index (χ0n) is 11.7. The van der Waals surface area contributed by atoms with Gasteiger partial charge in [0.05, 0.1) is 6.54 Å². The second-order valence-electron chi connectivity index (χ2n) is 5.47. The fraction of sp³-hybridized carbons (Fsp3) is 0.533. The molecule has 1 fully saturated rings. The largest absolute Gasteiger partial charge is 0.399 e. The van der Waals surface area contributed by atoms with Gasteiger partial charge < -0.3 is 11.1 Å². The summed E-state index contributed by atoms with van der Waals surface area (Å²) in [6, 6.07) is 8.26. The number of nitrogens with one attached hydrogen (secondary N) is 1. The monoisotopic (exact) mass is 261 g/mol. The van der Waals surface area contributed by atoms with Crippen molar-refractivity contribution in [3.63, 3.8) is 0 Å². The molecule has 2 rings (SSSR count). The molecule has 1 heterocycles. The number of carbonyl (C=O) groups is 1. The fourth-order valence-electron chi connectivity index (χ4n) is 2.77. The highest BCUT2D eigenvalue weighted by Crippen LogP contribution is 2.22. The van der Waals surface area contributed by atoms with Crippen LogP contribution in [0.1, 0.15) is 33.1 Å². The summed E-state index contributed by atoms with van der Waals surface area (Å²) in [5.74, 6) is 0.0335. The molecule has 4 nitrogen and oxygen atoms in total. The van der Waals surface area contributed by atoms with E-state index in [-0.39, 0.29) is 5.91 Å². The first-order chi connectivity index (χ1) is 9.06. The van der Waals surface area contributed by atoms with E-state index in [1.54, 1.807) is 6.07 Å². The summed E-state index contributed by atoms with van der Waals surface area (Å²) in [5.41, 5.74) is 7.13. The van der Waals surface area contributed by atoms with Crippen LogP contribution in [-0.2, 0) is 4.79 Å². The Kier molecular flexibility index (Phi) is 4.43. The van der Waals surface area contributed by atoms with Crippen LogP contribution in [0.5, 0.6) is 0 Å². The van der Waals surface area contributed by atoms with Crippen LogP contribution in [0.15, 0.2) is 24.3 Å². The van der Waals surface area contributed by atoms with Crippen molar-refractivity contribution in [1.29, 1.82) is 0 Å². The summed E-state index contributed by atoms with van der Waals surface area (Å²) >= 11 is 0. The summed E-state index contributed by atoms with van der Waals surface area (Å²) in [4.78, 5) is 14.4. The van der Waals surface area contributed by atoms with Crippen LogP contribution in [0.25, 0.3) is 0 Å². The number of nitrogens with two attached hydrogens (primary N) is 1. The lowest BCUT2D eigenvalue weighted by molar-refractivity contribution is -0.118. The van der Waals surface area contributed by atoms with E-state index in [0.717, 1.165) is 5.69 Å². The van der Waals surface area contributed by atoms with Gasteiger partial charge >= 0.3 is 0 Å². The number of amides is 1. The van der Waals surface area contributed by atoms with E-state index in [2.05, 4.69) is 24.1 Å². The first kappa shape index (κ1) is 13.9. The van der Waals surface area contributed by atoms with E-state index in [4.69, 9.17) is 5.73 Å². The zero-order valence-corrected chi connectivity index (χ0v) is 11.7. The quantitative estimate of drug-likeness (QED) is 0.822. The molecule has 0 bridgehead atoms. The van der Waals surface area contributed by atoms with Gasteiger partial charge in [0.15, 0.2) is 0 Å². The van der Waals surface area contributed by atoms with Crippen molar-refractivity contribution in [2.24, 2.45) is 0 Å². The average molecular weight is 261 g/mol. The molecule has 19 heavy (non-hydrogen) atoms. The average Bonchev–Trinajstić information content (AvgIpc) is 2.34. The summed E-state index contributed by atoms with van der Waals surface area (Å²) in [6.45, 7) is 4.85. The summed E-state index contributed by atoms with van der Waals surface area (Å²) in [6.07, 6.45) is 3.61. The molecular formula is C15H23N3O. The predicted octanol–water partition coefficient (Wildman–Crippen LogP) is 2.47. The first-order valence-corrected chi connectivity index (χ1v) is 6.97. The lowest BCUT2D eigenvalue weighted by atomic mass is 9.97. The van der Waals surface area contributed by atoms with Gasteiger partial charge in [-0.2, -0.15) is 0 Å². The van der Waals surface area contributed by atoms with Crippen molar-refractivity contribution in [2.45, 2.75) is 45.2 Å². The number of benzene rings is 1. The van der Waals surface area contributed by atoms with Gasteiger partial charge in [-0.15, -0.1) is 0 Å². The minimum absolute atomic E-state index is 0.0335. The van der Waals surface area contributed by atoms with Crippen LogP contribution in [0.2, 0.25) is 0 Å². The smallest absolute Gasteiger partial charge is 0.238 e. The minimum atomic E-state index is 0.0335. The molecule has 4 heteroatoms. The third kappa shape index (κ3) is 3.70. The maximum Gasteiger partial charge on any atom is 0.238 e. The van der Waals surface area contributed by atoms with E-state index in [1.165, 1.54) is 19.3 Å². The van der Waals surface area contributed by atoms with Crippen LogP contribution >= 0.6 is 0 Å². The molecule has 1 aliphatic rings. The third-order valence-corrected chi connectivity index (χ3v) is 3.87. The van der Waals surface area contributed by atoms with Crippen molar-refractivity contribution in [1.82, 2.24) is 4.90 Å². The number of carbonyl (C=O) groups excluding carboxylic acids is 1. The molecule has 104 valence electrons. The molecule has 1 amide bonds. The molecule has 3 N–H and O–H groups in total. The molecule has 1 saturated heterocycles. The SMILES string of the molecule is C[C@@H]1CCC[C@H](C)N1CC(=O)Nc1cccc(N)c1. The summed E-state index contributed by atoms with van der Waals surface area (Å²) in [7, 11) is 0. The van der Waals surface area contributed by atoms with Gasteiger partial charge in [0.1, 0.15) is 0 Å². The highest BCUT2D eigenvalue weighted by Gasteiger charge is 2.26.